The third-order valence-electron chi connectivity index (χ3n) is 5.16. The molecule has 0 radical (unpaired) electrons. The minimum Gasteiger partial charge on any atom is -0.387 e. The van der Waals surface area contributed by atoms with E-state index in [1.807, 2.05) is 32.0 Å². The molecule has 1 aliphatic heterocycles. The zero-order valence-corrected chi connectivity index (χ0v) is 15.7. The molecule has 28 heavy (non-hydrogen) atoms. The number of carbonyl (C=O) groups is 2. The summed E-state index contributed by atoms with van der Waals surface area (Å²) in [6.07, 6.45) is -1.09. The van der Waals surface area contributed by atoms with Gasteiger partial charge >= 0.3 is 0 Å². The minimum atomic E-state index is -1.17. The molecule has 0 unspecified atom stereocenters. The van der Waals surface area contributed by atoms with Crippen LogP contribution in [0.5, 0.6) is 0 Å². The van der Waals surface area contributed by atoms with Crippen LogP contribution >= 0.6 is 0 Å². The lowest BCUT2D eigenvalue weighted by molar-refractivity contribution is -0.126. The van der Waals surface area contributed by atoms with E-state index < -0.39 is 23.7 Å². The summed E-state index contributed by atoms with van der Waals surface area (Å²) in [6, 6.07) is 8.77. The number of aliphatic hydroxyl groups excluding tert-OH is 1. The van der Waals surface area contributed by atoms with E-state index in [4.69, 9.17) is 0 Å². The van der Waals surface area contributed by atoms with E-state index in [2.05, 4.69) is 5.32 Å². The van der Waals surface area contributed by atoms with Crippen LogP contribution in [0.4, 0.5) is 14.5 Å². The van der Waals surface area contributed by atoms with Crippen molar-refractivity contribution < 1.29 is 23.5 Å². The maximum atomic E-state index is 13.3. The summed E-state index contributed by atoms with van der Waals surface area (Å²) < 4.78 is 26.3. The van der Waals surface area contributed by atoms with Gasteiger partial charge in [0.2, 0.25) is 11.8 Å². The lowest BCUT2D eigenvalue weighted by atomic mass is 10.1. The Morgan fingerprint density at radius 1 is 1.25 bits per heavy atom. The van der Waals surface area contributed by atoms with Crippen molar-refractivity contribution in [1.29, 1.82) is 0 Å². The van der Waals surface area contributed by atoms with Crippen LogP contribution in [0.15, 0.2) is 36.4 Å². The van der Waals surface area contributed by atoms with Crippen molar-refractivity contribution in [3.05, 3.63) is 64.7 Å². The van der Waals surface area contributed by atoms with Crippen molar-refractivity contribution in [3.63, 3.8) is 0 Å². The first-order valence-corrected chi connectivity index (χ1v) is 9.05. The maximum absolute atomic E-state index is 13.3. The molecule has 1 fully saturated rings. The summed E-state index contributed by atoms with van der Waals surface area (Å²) in [4.78, 5) is 26.5. The fraction of sp³-hybridized carbons (Fsp3) is 0.333. The number of carbonyl (C=O) groups excluding carboxylic acids is 2. The highest BCUT2D eigenvalue weighted by Gasteiger charge is 2.35. The lowest BCUT2D eigenvalue weighted by Gasteiger charge is -2.20. The molecule has 0 aliphatic carbocycles. The van der Waals surface area contributed by atoms with Gasteiger partial charge < -0.3 is 15.3 Å². The summed E-state index contributed by atoms with van der Waals surface area (Å²) in [5.41, 5.74) is 3.01. The second-order valence-corrected chi connectivity index (χ2v) is 7.06. The number of hydrogen-bond donors (Lipinski definition) is 2. The van der Waals surface area contributed by atoms with Gasteiger partial charge in [-0.1, -0.05) is 18.2 Å². The minimum absolute atomic E-state index is 0.0838. The van der Waals surface area contributed by atoms with Gasteiger partial charge in [-0.15, -0.1) is 0 Å². The van der Waals surface area contributed by atoms with Gasteiger partial charge in [0, 0.05) is 25.2 Å². The third kappa shape index (κ3) is 4.04. The summed E-state index contributed by atoms with van der Waals surface area (Å²) in [5.74, 6) is -3.09. The van der Waals surface area contributed by atoms with E-state index in [-0.39, 0.29) is 36.9 Å². The van der Waals surface area contributed by atoms with Crippen LogP contribution in [0.3, 0.4) is 0 Å². The van der Waals surface area contributed by atoms with E-state index in [0.29, 0.717) is 0 Å². The van der Waals surface area contributed by atoms with Gasteiger partial charge in [0.15, 0.2) is 11.6 Å². The van der Waals surface area contributed by atoms with Crippen LogP contribution in [0.2, 0.25) is 0 Å². The normalized spacial score (nSPS) is 17.7. The van der Waals surface area contributed by atoms with Gasteiger partial charge in [0.05, 0.1) is 12.0 Å². The van der Waals surface area contributed by atoms with Gasteiger partial charge in [-0.3, -0.25) is 9.59 Å². The zero-order chi connectivity index (χ0) is 20.4. The Labute approximate surface area is 162 Å². The molecule has 1 saturated heterocycles. The van der Waals surface area contributed by atoms with E-state index in [1.165, 1.54) is 6.07 Å². The Bertz CT molecular complexity index is 917. The van der Waals surface area contributed by atoms with Crippen LogP contribution in [-0.2, 0) is 9.59 Å². The molecule has 2 atom stereocenters. The third-order valence-corrected chi connectivity index (χ3v) is 5.16. The number of benzene rings is 2. The molecule has 0 aromatic heterocycles. The highest BCUT2D eigenvalue weighted by Crippen LogP contribution is 2.29. The van der Waals surface area contributed by atoms with E-state index in [0.717, 1.165) is 28.9 Å². The maximum Gasteiger partial charge on any atom is 0.227 e. The van der Waals surface area contributed by atoms with Crippen molar-refractivity contribution in [1.82, 2.24) is 5.32 Å². The van der Waals surface area contributed by atoms with Gasteiger partial charge in [0.25, 0.3) is 0 Å². The number of anilines is 1. The Balaban J connectivity index is 1.61. The van der Waals surface area contributed by atoms with Crippen LogP contribution < -0.4 is 10.2 Å². The molecule has 148 valence electrons. The van der Waals surface area contributed by atoms with Crippen molar-refractivity contribution in [3.8, 4) is 0 Å². The first-order chi connectivity index (χ1) is 13.3. The predicted octanol–water partition coefficient (Wildman–Crippen LogP) is 2.78. The zero-order valence-electron chi connectivity index (χ0n) is 15.7. The lowest BCUT2D eigenvalue weighted by Crippen LogP contribution is -2.35. The number of aryl methyl sites for hydroxylation is 1. The Kier molecular flexibility index (Phi) is 5.74. The van der Waals surface area contributed by atoms with Crippen LogP contribution in [0.25, 0.3) is 0 Å². The quantitative estimate of drug-likeness (QED) is 0.828. The highest BCUT2D eigenvalue weighted by atomic mass is 19.2. The summed E-state index contributed by atoms with van der Waals surface area (Å²) in [6.45, 7) is 4.00. The van der Waals surface area contributed by atoms with E-state index >= 15 is 0 Å². The average Bonchev–Trinajstić information content (AvgIpc) is 3.05. The van der Waals surface area contributed by atoms with Crippen molar-refractivity contribution >= 4 is 17.5 Å². The molecular formula is C21H22F2N2O3. The first kappa shape index (κ1) is 19.9. The fourth-order valence-corrected chi connectivity index (χ4v) is 3.32. The molecule has 2 aromatic rings. The van der Waals surface area contributed by atoms with E-state index in [9.17, 15) is 23.5 Å². The van der Waals surface area contributed by atoms with Crippen LogP contribution in [0, 0.1) is 31.4 Å². The van der Waals surface area contributed by atoms with Crippen molar-refractivity contribution in [2.75, 3.05) is 18.0 Å². The Morgan fingerprint density at radius 3 is 2.71 bits per heavy atom. The van der Waals surface area contributed by atoms with Gasteiger partial charge in [0.1, 0.15) is 0 Å². The largest absolute Gasteiger partial charge is 0.387 e. The van der Waals surface area contributed by atoms with Gasteiger partial charge in [-0.2, -0.15) is 0 Å². The summed E-state index contributed by atoms with van der Waals surface area (Å²) >= 11 is 0. The van der Waals surface area contributed by atoms with E-state index in [1.54, 1.807) is 4.90 Å². The molecule has 0 saturated carbocycles. The molecule has 2 aromatic carbocycles. The molecule has 0 spiro atoms. The molecule has 0 bridgehead atoms. The molecule has 3 rings (SSSR count). The molecule has 1 aliphatic rings. The highest BCUT2D eigenvalue weighted by molar-refractivity contribution is 6.00. The average molecular weight is 388 g/mol. The second-order valence-electron chi connectivity index (χ2n) is 7.06. The number of nitrogens with one attached hydrogen (secondary N) is 1. The topological polar surface area (TPSA) is 69.6 Å². The van der Waals surface area contributed by atoms with Crippen molar-refractivity contribution in [2.24, 2.45) is 5.92 Å². The number of rotatable bonds is 5. The van der Waals surface area contributed by atoms with Crippen LogP contribution in [-0.4, -0.2) is 30.0 Å². The summed E-state index contributed by atoms with van der Waals surface area (Å²) in [7, 11) is 0. The number of nitrogens with zero attached hydrogens (tertiary/aromatic N) is 1. The summed E-state index contributed by atoms with van der Waals surface area (Å²) in [5, 5.41) is 12.7. The number of aliphatic hydroxyl groups is 1. The SMILES string of the molecule is Cc1cccc(N2C[C@H](C(=O)NC[C@@H](O)c3ccc(F)c(F)c3)CC2=O)c1C. The second kappa shape index (κ2) is 8.06. The number of halogens is 2. The van der Waals surface area contributed by atoms with Gasteiger partial charge in [-0.05, 0) is 48.7 Å². The number of amides is 2. The monoisotopic (exact) mass is 388 g/mol. The smallest absolute Gasteiger partial charge is 0.227 e. The van der Waals surface area contributed by atoms with Gasteiger partial charge in [-0.25, -0.2) is 8.78 Å². The molecule has 2 N–H and O–H groups in total. The fourth-order valence-electron chi connectivity index (χ4n) is 3.32. The Hall–Kier alpha value is -2.80. The molecule has 2 amide bonds. The molecular weight excluding hydrogens is 366 g/mol. The Morgan fingerprint density at radius 2 is 2.00 bits per heavy atom. The van der Waals surface area contributed by atoms with Crippen LogP contribution in [0.1, 0.15) is 29.2 Å². The molecule has 7 heteroatoms. The molecule has 5 nitrogen and oxygen atoms in total. The standard InChI is InChI=1S/C21H22F2N2O3/c1-12-4-3-5-18(13(12)2)25-11-15(9-20(25)27)21(28)24-10-19(26)14-6-7-16(22)17(23)8-14/h3-8,15,19,26H,9-11H2,1-2H3,(H,24,28)/t15-,19-/m1/s1. The predicted molar refractivity (Wildman–Crippen MR) is 101 cm³/mol. The number of hydrogen-bond acceptors (Lipinski definition) is 3. The van der Waals surface area contributed by atoms with Crippen molar-refractivity contribution in [2.45, 2.75) is 26.4 Å². The first-order valence-electron chi connectivity index (χ1n) is 9.05. The molecule has 1 heterocycles.